The van der Waals surface area contributed by atoms with Crippen LogP contribution in [-0.4, -0.2) is 65.7 Å². The lowest BCUT2D eigenvalue weighted by Crippen LogP contribution is -2.45. The molecule has 0 spiro atoms. The number of benzene rings is 2. The zero-order chi connectivity index (χ0) is 27.4. The molecule has 0 bridgehead atoms. The van der Waals surface area contributed by atoms with Crippen LogP contribution in [0.5, 0.6) is 0 Å². The molecule has 2 aromatic carbocycles. The Bertz CT molecular complexity index is 1390. The van der Waals surface area contributed by atoms with Crippen LogP contribution in [0.25, 0.3) is 11.0 Å². The largest absolute Gasteiger partial charge is 0.461 e. The van der Waals surface area contributed by atoms with E-state index in [9.17, 15) is 14.4 Å². The van der Waals surface area contributed by atoms with Crippen molar-refractivity contribution in [1.82, 2.24) is 15.1 Å². The summed E-state index contributed by atoms with van der Waals surface area (Å²) < 4.78 is 5.67. The van der Waals surface area contributed by atoms with Gasteiger partial charge in [0.2, 0.25) is 17.8 Å². The van der Waals surface area contributed by atoms with Crippen LogP contribution in [0.4, 0.5) is 11.4 Å². The summed E-state index contributed by atoms with van der Waals surface area (Å²) in [5.74, 6) is 0.331. The lowest BCUT2D eigenvalue weighted by Gasteiger charge is -2.25. The molecule has 3 aromatic rings. The monoisotopic (exact) mass is 530 g/mol. The van der Waals surface area contributed by atoms with E-state index in [0.29, 0.717) is 29.9 Å². The highest BCUT2D eigenvalue weighted by molar-refractivity contribution is 6.11. The zero-order valence-corrected chi connectivity index (χ0v) is 22.1. The number of nitrogens with one attached hydrogen (secondary N) is 2. The molecule has 4 N–H and O–H groups in total. The van der Waals surface area contributed by atoms with Crippen molar-refractivity contribution in [3.8, 4) is 0 Å². The van der Waals surface area contributed by atoms with Gasteiger partial charge in [0.25, 0.3) is 5.91 Å². The molecule has 1 unspecified atom stereocenters. The van der Waals surface area contributed by atoms with E-state index in [-0.39, 0.29) is 30.2 Å². The van der Waals surface area contributed by atoms with E-state index in [1.807, 2.05) is 36.1 Å². The Kier molecular flexibility index (Phi) is 7.81. The summed E-state index contributed by atoms with van der Waals surface area (Å²) >= 11 is 0. The first-order valence-corrected chi connectivity index (χ1v) is 13.4. The number of nitrogen functional groups attached to an aromatic ring is 1. The standard InChI is InChI=1S/C29H34N6O4/c1-19-16-21-17-23(11-12-25(21)39-19)31-29(33-27(37)20-7-9-22(30)10-8-20)32-24-6-2-3-15-35(28(24)38)18-26(36)34-13-4-5-14-34/h7-12,16-17,24H,2-6,13-15,18,30H2,1H3,(H2,31,32,33,37). The quantitative estimate of drug-likeness (QED) is 0.263. The SMILES string of the molecule is Cc1cc2cc(NC(=NC3CCCCN(CC(=O)N4CCCC4)C3=O)NC(=O)c3ccc(N)cc3)ccc2o1. The number of likely N-dealkylation sites (tertiary alicyclic amines) is 2. The molecule has 5 rings (SSSR count). The molecule has 2 aliphatic rings. The second-order valence-electron chi connectivity index (χ2n) is 10.1. The summed E-state index contributed by atoms with van der Waals surface area (Å²) in [7, 11) is 0. The minimum absolute atomic E-state index is 0.0239. The number of guanidine groups is 1. The molecule has 3 amide bonds. The van der Waals surface area contributed by atoms with Crippen molar-refractivity contribution >= 4 is 46.0 Å². The number of nitrogens with two attached hydrogens (primary N) is 1. The molecule has 0 aliphatic carbocycles. The van der Waals surface area contributed by atoms with Gasteiger partial charge in [-0.15, -0.1) is 0 Å². The Morgan fingerprint density at radius 1 is 1.03 bits per heavy atom. The first-order valence-electron chi connectivity index (χ1n) is 13.4. The minimum Gasteiger partial charge on any atom is -0.461 e. The van der Waals surface area contributed by atoms with Crippen molar-refractivity contribution in [2.45, 2.75) is 45.1 Å². The number of carbonyl (C=O) groups excluding carboxylic acids is 3. The summed E-state index contributed by atoms with van der Waals surface area (Å²) in [5.41, 5.74) is 8.16. The molecule has 1 atom stereocenters. The molecule has 10 heteroatoms. The van der Waals surface area contributed by atoms with Gasteiger partial charge in [-0.05, 0) is 87.6 Å². The molecule has 0 radical (unpaired) electrons. The average Bonchev–Trinajstić information content (AvgIpc) is 3.55. The number of fused-ring (bicyclic) bond motifs is 1. The van der Waals surface area contributed by atoms with Crippen LogP contribution in [0.2, 0.25) is 0 Å². The van der Waals surface area contributed by atoms with Crippen LogP contribution in [0, 0.1) is 6.92 Å². The number of amides is 3. The van der Waals surface area contributed by atoms with Gasteiger partial charge in [-0.3, -0.25) is 19.7 Å². The van der Waals surface area contributed by atoms with E-state index < -0.39 is 6.04 Å². The van der Waals surface area contributed by atoms with Crippen LogP contribution in [0.1, 0.15) is 48.2 Å². The molecule has 2 saturated heterocycles. The van der Waals surface area contributed by atoms with E-state index in [0.717, 1.165) is 55.5 Å². The van der Waals surface area contributed by atoms with E-state index in [1.165, 1.54) is 0 Å². The Morgan fingerprint density at radius 2 is 1.77 bits per heavy atom. The van der Waals surface area contributed by atoms with Crippen LogP contribution in [0.3, 0.4) is 0 Å². The van der Waals surface area contributed by atoms with Crippen molar-refractivity contribution in [2.24, 2.45) is 4.99 Å². The second-order valence-corrected chi connectivity index (χ2v) is 10.1. The van der Waals surface area contributed by atoms with E-state index in [2.05, 4.69) is 10.6 Å². The van der Waals surface area contributed by atoms with Gasteiger partial charge in [-0.2, -0.15) is 0 Å². The number of hydrogen-bond acceptors (Lipinski definition) is 6. The summed E-state index contributed by atoms with van der Waals surface area (Å²) in [6.45, 7) is 3.94. The Balaban J connectivity index is 1.39. The number of nitrogens with zero attached hydrogens (tertiary/aromatic N) is 3. The van der Waals surface area contributed by atoms with Gasteiger partial charge in [0.1, 0.15) is 17.4 Å². The molecule has 0 saturated carbocycles. The first-order chi connectivity index (χ1) is 18.9. The maximum Gasteiger partial charge on any atom is 0.257 e. The van der Waals surface area contributed by atoms with Crippen molar-refractivity contribution in [3.05, 3.63) is 59.9 Å². The molecule has 2 aliphatic heterocycles. The topological polar surface area (TPSA) is 133 Å². The molecule has 10 nitrogen and oxygen atoms in total. The maximum atomic E-state index is 13.5. The van der Waals surface area contributed by atoms with E-state index in [1.54, 1.807) is 29.2 Å². The van der Waals surface area contributed by atoms with Gasteiger partial charge in [0.15, 0.2) is 0 Å². The van der Waals surface area contributed by atoms with E-state index in [4.69, 9.17) is 15.1 Å². The molecular weight excluding hydrogens is 496 g/mol. The lowest BCUT2D eigenvalue weighted by molar-refractivity contribution is -0.140. The number of anilines is 2. The van der Waals surface area contributed by atoms with Crippen molar-refractivity contribution in [3.63, 3.8) is 0 Å². The fraction of sp³-hybridized carbons (Fsp3) is 0.379. The normalized spacial score (nSPS) is 18.3. The number of aryl methyl sites for hydroxylation is 1. The third-order valence-corrected chi connectivity index (χ3v) is 7.13. The lowest BCUT2D eigenvalue weighted by atomic mass is 10.1. The predicted molar refractivity (Wildman–Crippen MR) is 150 cm³/mol. The predicted octanol–water partition coefficient (Wildman–Crippen LogP) is 3.52. The average molecular weight is 531 g/mol. The highest BCUT2D eigenvalue weighted by Crippen LogP contribution is 2.23. The first kappa shape index (κ1) is 26.3. The highest BCUT2D eigenvalue weighted by Gasteiger charge is 2.30. The summed E-state index contributed by atoms with van der Waals surface area (Å²) in [6.07, 6.45) is 4.10. The van der Waals surface area contributed by atoms with Gasteiger partial charge < -0.3 is 25.3 Å². The Morgan fingerprint density at radius 3 is 2.54 bits per heavy atom. The van der Waals surface area contributed by atoms with Gasteiger partial charge in [-0.1, -0.05) is 0 Å². The van der Waals surface area contributed by atoms with E-state index >= 15 is 0 Å². The van der Waals surface area contributed by atoms with Gasteiger partial charge in [-0.25, -0.2) is 4.99 Å². The molecule has 3 heterocycles. The third kappa shape index (κ3) is 6.39. The van der Waals surface area contributed by atoms with Crippen LogP contribution >= 0.6 is 0 Å². The van der Waals surface area contributed by atoms with Crippen LogP contribution in [-0.2, 0) is 9.59 Å². The Labute approximate surface area is 227 Å². The summed E-state index contributed by atoms with van der Waals surface area (Å²) in [5, 5.41) is 6.92. The number of aliphatic imine (C=N–C) groups is 1. The maximum absolute atomic E-state index is 13.5. The summed E-state index contributed by atoms with van der Waals surface area (Å²) in [6, 6.07) is 13.3. The molecule has 1 aromatic heterocycles. The zero-order valence-electron chi connectivity index (χ0n) is 22.1. The fourth-order valence-electron chi connectivity index (χ4n) is 5.05. The van der Waals surface area contributed by atoms with Gasteiger partial charge >= 0.3 is 0 Å². The van der Waals surface area contributed by atoms with Crippen molar-refractivity contribution < 1.29 is 18.8 Å². The summed E-state index contributed by atoms with van der Waals surface area (Å²) in [4.78, 5) is 47.6. The Hall–Kier alpha value is -4.34. The van der Waals surface area contributed by atoms with Gasteiger partial charge in [0, 0.05) is 42.0 Å². The molecule has 39 heavy (non-hydrogen) atoms. The smallest absolute Gasteiger partial charge is 0.257 e. The van der Waals surface area contributed by atoms with Gasteiger partial charge in [0.05, 0.1) is 6.54 Å². The molecule has 2 fully saturated rings. The molecule has 204 valence electrons. The third-order valence-electron chi connectivity index (χ3n) is 7.13. The molecular formula is C29H34N6O4. The number of carbonyl (C=O) groups is 3. The number of rotatable bonds is 5. The highest BCUT2D eigenvalue weighted by atomic mass is 16.3. The minimum atomic E-state index is -0.729. The second kappa shape index (κ2) is 11.6. The van der Waals surface area contributed by atoms with Crippen molar-refractivity contribution in [1.29, 1.82) is 0 Å². The fourth-order valence-corrected chi connectivity index (χ4v) is 5.05. The van der Waals surface area contributed by atoms with Crippen molar-refractivity contribution in [2.75, 3.05) is 37.2 Å². The number of furan rings is 1. The number of hydrogen-bond donors (Lipinski definition) is 3. The van der Waals surface area contributed by atoms with Crippen LogP contribution < -0.4 is 16.4 Å². The van der Waals surface area contributed by atoms with Crippen LogP contribution in [0.15, 0.2) is 57.9 Å².